The smallest absolute Gasteiger partial charge is 0.211 e. The Morgan fingerprint density at radius 1 is 1.33 bits per heavy atom. The summed E-state index contributed by atoms with van der Waals surface area (Å²) < 4.78 is 25.4. The molecule has 0 radical (unpaired) electrons. The lowest BCUT2D eigenvalue weighted by molar-refractivity contribution is 0.175. The highest BCUT2D eigenvalue weighted by atomic mass is 35.5. The van der Waals surface area contributed by atoms with Crippen LogP contribution in [0.1, 0.15) is 33.1 Å². The SMILES string of the molecule is CC(O)CC(C)NS(=O)(=O)CCCCCl. The van der Waals surface area contributed by atoms with E-state index in [1.54, 1.807) is 13.8 Å². The lowest BCUT2D eigenvalue weighted by Gasteiger charge is -2.15. The summed E-state index contributed by atoms with van der Waals surface area (Å²) in [6, 6.07) is -0.231. The number of alkyl halides is 1. The molecule has 6 heteroatoms. The largest absolute Gasteiger partial charge is 0.393 e. The number of unbranched alkanes of at least 4 members (excludes halogenated alkanes) is 1. The predicted molar refractivity (Wildman–Crippen MR) is 62.6 cm³/mol. The third-order valence-corrected chi connectivity index (χ3v) is 3.73. The second kappa shape index (κ2) is 7.44. The average Bonchev–Trinajstić information content (AvgIpc) is 2.00. The first-order valence-corrected chi connectivity index (χ1v) is 7.30. The Hall–Kier alpha value is 0.160. The monoisotopic (exact) mass is 257 g/mol. The summed E-state index contributed by atoms with van der Waals surface area (Å²) in [5, 5.41) is 9.08. The van der Waals surface area contributed by atoms with E-state index in [0.29, 0.717) is 25.1 Å². The summed E-state index contributed by atoms with van der Waals surface area (Å²) in [7, 11) is -3.22. The number of rotatable bonds is 8. The van der Waals surface area contributed by atoms with E-state index < -0.39 is 16.1 Å². The van der Waals surface area contributed by atoms with Gasteiger partial charge >= 0.3 is 0 Å². The number of halogens is 1. The molecule has 0 aromatic rings. The van der Waals surface area contributed by atoms with Crippen LogP contribution in [0, 0.1) is 0 Å². The predicted octanol–water partition coefficient (Wildman–Crippen LogP) is 1.08. The molecule has 0 aromatic heterocycles. The fourth-order valence-electron chi connectivity index (χ4n) is 1.31. The van der Waals surface area contributed by atoms with Gasteiger partial charge in [0.15, 0.2) is 0 Å². The van der Waals surface area contributed by atoms with Crippen molar-refractivity contribution in [1.29, 1.82) is 0 Å². The van der Waals surface area contributed by atoms with E-state index in [-0.39, 0.29) is 11.8 Å². The molecule has 0 aliphatic carbocycles. The minimum atomic E-state index is -3.22. The molecule has 0 bridgehead atoms. The van der Waals surface area contributed by atoms with Crippen molar-refractivity contribution >= 4 is 21.6 Å². The van der Waals surface area contributed by atoms with Gasteiger partial charge in [-0.15, -0.1) is 11.6 Å². The van der Waals surface area contributed by atoms with Crippen LogP contribution in [-0.2, 0) is 10.0 Å². The van der Waals surface area contributed by atoms with Gasteiger partial charge in [0.2, 0.25) is 10.0 Å². The van der Waals surface area contributed by atoms with Gasteiger partial charge in [0, 0.05) is 11.9 Å². The van der Waals surface area contributed by atoms with Crippen LogP contribution in [0.5, 0.6) is 0 Å². The number of aliphatic hydroxyl groups is 1. The first-order valence-electron chi connectivity index (χ1n) is 5.11. The second-order valence-corrected chi connectivity index (χ2v) is 6.07. The fraction of sp³-hybridized carbons (Fsp3) is 1.00. The summed E-state index contributed by atoms with van der Waals surface area (Å²) in [5.74, 6) is 0.586. The summed E-state index contributed by atoms with van der Waals surface area (Å²) in [4.78, 5) is 0. The molecule has 2 N–H and O–H groups in total. The highest BCUT2D eigenvalue weighted by Crippen LogP contribution is 2.01. The van der Waals surface area contributed by atoms with Crippen LogP contribution in [0.3, 0.4) is 0 Å². The normalized spacial score (nSPS) is 16.3. The van der Waals surface area contributed by atoms with Crippen LogP contribution in [0.4, 0.5) is 0 Å². The molecule has 0 heterocycles. The van der Waals surface area contributed by atoms with Gasteiger partial charge in [-0.2, -0.15) is 0 Å². The summed E-state index contributed by atoms with van der Waals surface area (Å²) in [6.45, 7) is 3.38. The third-order valence-electron chi connectivity index (χ3n) is 1.87. The molecule has 0 saturated carbocycles. The summed E-state index contributed by atoms with van der Waals surface area (Å²) >= 11 is 5.46. The van der Waals surface area contributed by atoms with E-state index in [2.05, 4.69) is 4.72 Å². The number of sulfonamides is 1. The summed E-state index contributed by atoms with van der Waals surface area (Å²) in [5.41, 5.74) is 0. The Labute approximate surface area is 97.1 Å². The topological polar surface area (TPSA) is 66.4 Å². The quantitative estimate of drug-likeness (QED) is 0.505. The number of aliphatic hydroxyl groups excluding tert-OH is 1. The molecule has 0 saturated heterocycles. The Kier molecular flexibility index (Phi) is 7.52. The van der Waals surface area contributed by atoms with Gasteiger partial charge in [-0.25, -0.2) is 13.1 Å². The van der Waals surface area contributed by atoms with Crippen LogP contribution < -0.4 is 4.72 Å². The number of hydrogen-bond donors (Lipinski definition) is 2. The molecule has 4 nitrogen and oxygen atoms in total. The van der Waals surface area contributed by atoms with Crippen molar-refractivity contribution in [3.8, 4) is 0 Å². The Morgan fingerprint density at radius 2 is 1.93 bits per heavy atom. The standard InChI is InChI=1S/C9H20ClNO3S/c1-8(7-9(2)12)11-15(13,14)6-4-3-5-10/h8-9,11-12H,3-7H2,1-2H3. The Bertz CT molecular complexity index is 254. The molecule has 0 fully saturated rings. The molecule has 0 spiro atoms. The van der Waals surface area contributed by atoms with E-state index in [4.69, 9.17) is 16.7 Å². The number of hydrogen-bond acceptors (Lipinski definition) is 3. The van der Waals surface area contributed by atoms with Crippen LogP contribution in [0.2, 0.25) is 0 Å². The van der Waals surface area contributed by atoms with Gasteiger partial charge in [-0.3, -0.25) is 0 Å². The van der Waals surface area contributed by atoms with Gasteiger partial charge in [-0.1, -0.05) is 0 Å². The molecule has 92 valence electrons. The second-order valence-electron chi connectivity index (χ2n) is 3.82. The van der Waals surface area contributed by atoms with E-state index >= 15 is 0 Å². The Morgan fingerprint density at radius 3 is 2.40 bits per heavy atom. The molecule has 2 atom stereocenters. The fourth-order valence-corrected chi connectivity index (χ4v) is 2.91. The maximum absolute atomic E-state index is 11.5. The van der Waals surface area contributed by atoms with E-state index in [1.165, 1.54) is 0 Å². The molecule has 0 aliphatic rings. The van der Waals surface area contributed by atoms with Gasteiger partial charge in [0.1, 0.15) is 0 Å². The van der Waals surface area contributed by atoms with Crippen LogP contribution in [0.25, 0.3) is 0 Å². The average molecular weight is 258 g/mol. The zero-order valence-electron chi connectivity index (χ0n) is 9.24. The number of nitrogens with one attached hydrogen (secondary N) is 1. The van der Waals surface area contributed by atoms with Crippen molar-refractivity contribution in [1.82, 2.24) is 4.72 Å². The third kappa shape index (κ3) is 9.11. The highest BCUT2D eigenvalue weighted by molar-refractivity contribution is 7.89. The maximum Gasteiger partial charge on any atom is 0.211 e. The maximum atomic E-state index is 11.5. The molecule has 0 rings (SSSR count). The molecule has 2 unspecified atom stereocenters. The van der Waals surface area contributed by atoms with Crippen molar-refractivity contribution in [3.63, 3.8) is 0 Å². The minimum absolute atomic E-state index is 0.101. The molecular formula is C9H20ClNO3S. The summed E-state index contributed by atoms with van der Waals surface area (Å²) in [6.07, 6.45) is 1.20. The zero-order valence-corrected chi connectivity index (χ0v) is 10.8. The first kappa shape index (κ1) is 15.2. The molecule has 0 amide bonds. The van der Waals surface area contributed by atoms with Crippen LogP contribution >= 0.6 is 11.6 Å². The lowest BCUT2D eigenvalue weighted by Crippen LogP contribution is -2.36. The van der Waals surface area contributed by atoms with Crippen molar-refractivity contribution in [3.05, 3.63) is 0 Å². The lowest BCUT2D eigenvalue weighted by atomic mass is 10.2. The minimum Gasteiger partial charge on any atom is -0.393 e. The van der Waals surface area contributed by atoms with E-state index in [9.17, 15) is 8.42 Å². The van der Waals surface area contributed by atoms with Crippen molar-refractivity contribution < 1.29 is 13.5 Å². The zero-order chi connectivity index (χ0) is 11.9. The van der Waals surface area contributed by atoms with E-state index in [0.717, 1.165) is 0 Å². The van der Waals surface area contributed by atoms with Crippen molar-refractivity contribution in [2.75, 3.05) is 11.6 Å². The van der Waals surface area contributed by atoms with Gasteiger partial charge < -0.3 is 5.11 Å². The molecule has 15 heavy (non-hydrogen) atoms. The molecular weight excluding hydrogens is 238 g/mol. The van der Waals surface area contributed by atoms with Crippen LogP contribution in [-0.4, -0.2) is 37.3 Å². The Balaban J connectivity index is 3.91. The van der Waals surface area contributed by atoms with Gasteiger partial charge in [-0.05, 0) is 33.1 Å². The van der Waals surface area contributed by atoms with E-state index in [1.807, 2.05) is 0 Å². The molecule has 0 aliphatic heterocycles. The van der Waals surface area contributed by atoms with Gasteiger partial charge in [0.25, 0.3) is 0 Å². The van der Waals surface area contributed by atoms with Crippen molar-refractivity contribution in [2.24, 2.45) is 0 Å². The van der Waals surface area contributed by atoms with Crippen LogP contribution in [0.15, 0.2) is 0 Å². The van der Waals surface area contributed by atoms with Crippen molar-refractivity contribution in [2.45, 2.75) is 45.3 Å². The first-order chi connectivity index (χ1) is 6.87. The van der Waals surface area contributed by atoms with Gasteiger partial charge in [0.05, 0.1) is 11.9 Å². The molecule has 0 aromatic carbocycles. The highest BCUT2D eigenvalue weighted by Gasteiger charge is 2.15.